The number of ether oxygens (including phenoxy) is 2. The monoisotopic (exact) mass is 520 g/mol. The zero-order chi connectivity index (χ0) is 23.6. The Morgan fingerprint density at radius 1 is 1.18 bits per heavy atom. The summed E-state index contributed by atoms with van der Waals surface area (Å²) in [4.78, 5) is 35.4. The molecule has 0 unspecified atom stereocenters. The van der Waals surface area contributed by atoms with Crippen LogP contribution in [0.3, 0.4) is 0 Å². The Morgan fingerprint density at radius 3 is 2.67 bits per heavy atom. The average Bonchev–Trinajstić information content (AvgIpc) is 3.32. The number of nitrogens with zero attached hydrogens (tertiary/aromatic N) is 1. The van der Waals surface area contributed by atoms with Gasteiger partial charge in [-0.2, -0.15) is 5.10 Å². The lowest BCUT2D eigenvalue weighted by Gasteiger charge is -2.09. The predicted octanol–water partition coefficient (Wildman–Crippen LogP) is 2.35. The van der Waals surface area contributed by atoms with E-state index < -0.39 is 23.5 Å². The third-order valence-electron chi connectivity index (χ3n) is 4.56. The molecule has 3 N–H and O–H groups in total. The number of anilines is 1. The Balaban J connectivity index is 1.39. The van der Waals surface area contributed by atoms with Crippen LogP contribution in [0, 0.1) is 5.82 Å². The molecule has 1 atom stereocenters. The molecule has 3 rings (SSSR count). The summed E-state index contributed by atoms with van der Waals surface area (Å²) in [7, 11) is 0. The van der Waals surface area contributed by atoms with E-state index >= 15 is 0 Å². The topological polar surface area (TPSA) is 118 Å². The first-order valence-electron chi connectivity index (χ1n) is 10.1. The second kappa shape index (κ2) is 12.1. The van der Waals surface area contributed by atoms with Gasteiger partial charge in [-0.1, -0.05) is 15.9 Å². The number of benzene rings is 2. The van der Waals surface area contributed by atoms with Crippen molar-refractivity contribution in [3.8, 4) is 5.75 Å². The van der Waals surface area contributed by atoms with Crippen molar-refractivity contribution >= 4 is 45.6 Å². The maximum Gasteiger partial charge on any atom is 0.329 e. The zero-order valence-electron chi connectivity index (χ0n) is 17.5. The molecular weight excluding hydrogens is 499 g/mol. The van der Waals surface area contributed by atoms with Gasteiger partial charge in [0.1, 0.15) is 11.6 Å². The Bertz CT molecular complexity index is 1030. The third-order valence-corrected chi connectivity index (χ3v) is 5.05. The highest BCUT2D eigenvalue weighted by atomic mass is 79.9. The molecule has 9 nitrogen and oxygen atoms in total. The van der Waals surface area contributed by atoms with Gasteiger partial charge in [0, 0.05) is 17.6 Å². The molecule has 3 amide bonds. The highest BCUT2D eigenvalue weighted by Crippen LogP contribution is 2.19. The SMILES string of the molecule is O=C(COc1ccc(/C=N\NC(=O)C(=O)NC[C@H]2CCCO2)cc1)Nc1ccc(Br)cc1F. The molecule has 0 saturated carbocycles. The van der Waals surface area contributed by atoms with Gasteiger partial charge < -0.3 is 20.1 Å². The lowest BCUT2D eigenvalue weighted by atomic mass is 10.2. The number of amides is 3. The first-order chi connectivity index (χ1) is 15.9. The van der Waals surface area contributed by atoms with Crippen LogP contribution in [0.15, 0.2) is 52.0 Å². The van der Waals surface area contributed by atoms with Crippen LogP contribution >= 0.6 is 15.9 Å². The van der Waals surface area contributed by atoms with Crippen LogP contribution in [0.2, 0.25) is 0 Å². The molecule has 1 fully saturated rings. The standard InChI is InChI=1S/C22H22BrFN4O5/c23-15-5-8-19(18(24)10-15)27-20(29)13-33-16-6-3-14(4-7-16)11-26-28-22(31)21(30)25-12-17-2-1-9-32-17/h3-8,10-11,17H,1-2,9,12-13H2,(H,25,30)(H,27,29)(H,28,31)/b26-11-/t17-/m1/s1. The molecular formula is C22H22BrFN4O5. The Morgan fingerprint density at radius 2 is 1.97 bits per heavy atom. The Labute approximate surface area is 197 Å². The fourth-order valence-corrected chi connectivity index (χ4v) is 3.22. The number of hydrogen-bond acceptors (Lipinski definition) is 6. The van der Waals surface area contributed by atoms with Gasteiger partial charge in [-0.15, -0.1) is 0 Å². The molecule has 1 aliphatic heterocycles. The molecule has 33 heavy (non-hydrogen) atoms. The second-order valence-electron chi connectivity index (χ2n) is 7.07. The molecule has 1 heterocycles. The van der Waals surface area contributed by atoms with Gasteiger partial charge in [0.25, 0.3) is 5.91 Å². The van der Waals surface area contributed by atoms with E-state index in [4.69, 9.17) is 9.47 Å². The second-order valence-corrected chi connectivity index (χ2v) is 7.99. The highest BCUT2D eigenvalue weighted by molar-refractivity contribution is 9.10. The van der Waals surface area contributed by atoms with Gasteiger partial charge in [-0.05, 0) is 60.9 Å². The molecule has 2 aromatic carbocycles. The largest absolute Gasteiger partial charge is 0.484 e. The van der Waals surface area contributed by atoms with Crippen molar-refractivity contribution in [1.29, 1.82) is 0 Å². The first-order valence-corrected chi connectivity index (χ1v) is 10.9. The summed E-state index contributed by atoms with van der Waals surface area (Å²) in [6.07, 6.45) is 3.10. The van der Waals surface area contributed by atoms with E-state index in [1.807, 2.05) is 0 Å². The molecule has 1 aliphatic rings. The van der Waals surface area contributed by atoms with Crippen LogP contribution in [0.25, 0.3) is 0 Å². The highest BCUT2D eigenvalue weighted by Gasteiger charge is 2.19. The van der Waals surface area contributed by atoms with E-state index in [0.717, 1.165) is 12.8 Å². The van der Waals surface area contributed by atoms with Crippen LogP contribution < -0.4 is 20.8 Å². The van der Waals surface area contributed by atoms with E-state index in [9.17, 15) is 18.8 Å². The molecule has 11 heteroatoms. The van der Waals surface area contributed by atoms with Gasteiger partial charge in [0.2, 0.25) is 0 Å². The van der Waals surface area contributed by atoms with E-state index in [2.05, 4.69) is 37.1 Å². The van der Waals surface area contributed by atoms with E-state index in [1.165, 1.54) is 18.3 Å². The van der Waals surface area contributed by atoms with Crippen LogP contribution in [-0.2, 0) is 19.1 Å². The van der Waals surface area contributed by atoms with Gasteiger partial charge in [-0.25, -0.2) is 9.82 Å². The van der Waals surface area contributed by atoms with Crippen molar-refractivity contribution in [3.05, 3.63) is 58.3 Å². The lowest BCUT2D eigenvalue weighted by molar-refractivity contribution is -0.139. The van der Waals surface area contributed by atoms with Gasteiger partial charge in [-0.3, -0.25) is 14.4 Å². The smallest absolute Gasteiger partial charge is 0.329 e. The quantitative estimate of drug-likeness (QED) is 0.280. The van der Waals surface area contributed by atoms with Crippen molar-refractivity contribution in [2.75, 3.05) is 25.1 Å². The molecule has 0 bridgehead atoms. The van der Waals surface area contributed by atoms with Crippen molar-refractivity contribution < 1.29 is 28.2 Å². The van der Waals surface area contributed by atoms with Gasteiger partial charge in [0.05, 0.1) is 18.0 Å². The summed E-state index contributed by atoms with van der Waals surface area (Å²) in [6, 6.07) is 10.8. The average molecular weight is 521 g/mol. The summed E-state index contributed by atoms with van der Waals surface area (Å²) in [6.45, 7) is 0.646. The van der Waals surface area contributed by atoms with Crippen molar-refractivity contribution in [2.45, 2.75) is 18.9 Å². The molecule has 0 radical (unpaired) electrons. The zero-order valence-corrected chi connectivity index (χ0v) is 19.1. The van der Waals surface area contributed by atoms with Crippen LogP contribution in [-0.4, -0.2) is 49.8 Å². The molecule has 0 spiro atoms. The minimum Gasteiger partial charge on any atom is -0.484 e. The van der Waals surface area contributed by atoms with Gasteiger partial charge in [0.15, 0.2) is 6.61 Å². The maximum absolute atomic E-state index is 13.8. The number of halogens is 2. The third kappa shape index (κ3) is 7.95. The number of hydrazone groups is 1. The molecule has 0 aliphatic carbocycles. The summed E-state index contributed by atoms with van der Waals surface area (Å²) < 4.78 is 25.1. The minimum absolute atomic E-state index is 0.0564. The van der Waals surface area contributed by atoms with Crippen molar-refractivity contribution in [3.63, 3.8) is 0 Å². The van der Waals surface area contributed by atoms with Crippen LogP contribution in [0.1, 0.15) is 18.4 Å². The molecule has 2 aromatic rings. The summed E-state index contributed by atoms with van der Waals surface area (Å²) in [5.41, 5.74) is 2.84. The number of hydrogen-bond donors (Lipinski definition) is 3. The fourth-order valence-electron chi connectivity index (χ4n) is 2.88. The Kier molecular flexibility index (Phi) is 8.90. The number of rotatable bonds is 8. The molecule has 174 valence electrons. The maximum atomic E-state index is 13.8. The van der Waals surface area contributed by atoms with E-state index in [-0.39, 0.29) is 24.9 Å². The summed E-state index contributed by atoms with van der Waals surface area (Å²) in [5.74, 6) is -2.32. The van der Waals surface area contributed by atoms with Crippen molar-refractivity contribution in [2.24, 2.45) is 5.10 Å². The lowest BCUT2D eigenvalue weighted by Crippen LogP contribution is -2.41. The molecule has 1 saturated heterocycles. The van der Waals surface area contributed by atoms with Crippen molar-refractivity contribution in [1.82, 2.24) is 10.7 Å². The summed E-state index contributed by atoms with van der Waals surface area (Å²) in [5, 5.41) is 8.68. The number of carbonyl (C=O) groups is 3. The van der Waals surface area contributed by atoms with E-state index in [1.54, 1.807) is 30.3 Å². The number of carbonyl (C=O) groups excluding carboxylic acids is 3. The first kappa shape index (κ1) is 24.3. The summed E-state index contributed by atoms with van der Waals surface area (Å²) >= 11 is 3.15. The molecule has 0 aromatic heterocycles. The predicted molar refractivity (Wildman–Crippen MR) is 122 cm³/mol. The normalized spacial score (nSPS) is 15.3. The number of nitrogens with one attached hydrogen (secondary N) is 3. The van der Waals surface area contributed by atoms with E-state index in [0.29, 0.717) is 22.4 Å². The Hall–Kier alpha value is -3.31. The van der Waals surface area contributed by atoms with Crippen LogP contribution in [0.4, 0.5) is 10.1 Å². The van der Waals surface area contributed by atoms with Crippen LogP contribution in [0.5, 0.6) is 5.75 Å². The fraction of sp³-hybridized carbons (Fsp3) is 0.273. The minimum atomic E-state index is -0.877. The van der Waals surface area contributed by atoms with Gasteiger partial charge >= 0.3 is 11.8 Å².